The van der Waals surface area contributed by atoms with Crippen molar-refractivity contribution in [3.05, 3.63) is 49.6 Å². The minimum Gasteiger partial charge on any atom is -0.396 e. The van der Waals surface area contributed by atoms with Gasteiger partial charge in [-0.3, -0.25) is 14.4 Å². The number of likely N-dealkylation sites (N-methyl/N-ethyl adjacent to an activating group) is 1. The fraction of sp³-hybridized carbons (Fsp3) is 0.618. The molecule has 2 bridgehead atoms. The number of anilines is 2. The van der Waals surface area contributed by atoms with Crippen molar-refractivity contribution in [2.24, 2.45) is 11.8 Å². The highest BCUT2D eigenvalue weighted by atomic mass is 32.2. The number of amides is 3. The Morgan fingerprint density at radius 1 is 1.00 bits per heavy atom. The van der Waals surface area contributed by atoms with E-state index in [0.29, 0.717) is 19.6 Å². The SMILES string of the molecule is C=CCN(C)C(=O)[C@@H]1[C@H]2C(=O)N(CCCCCCO)C(C(=O)N(CC=C)c3ccc(N(CC)CC)cc3)C23CC[C@@]1(C)S3. The summed E-state index contributed by atoms with van der Waals surface area (Å²) in [6.45, 7) is 17.2. The molecule has 3 aliphatic rings. The van der Waals surface area contributed by atoms with Gasteiger partial charge in [-0.15, -0.1) is 24.9 Å². The van der Waals surface area contributed by atoms with Crippen LogP contribution in [0.5, 0.6) is 0 Å². The van der Waals surface area contributed by atoms with Crippen LogP contribution in [0.2, 0.25) is 0 Å². The number of unbranched alkanes of at least 4 members (excludes halogenated alkanes) is 3. The zero-order valence-corrected chi connectivity index (χ0v) is 27.3. The molecule has 0 aromatic heterocycles. The van der Waals surface area contributed by atoms with Crippen LogP contribution in [-0.4, -0.2) is 94.5 Å². The number of aliphatic hydroxyl groups is 1. The fourth-order valence-electron chi connectivity index (χ4n) is 7.62. The largest absolute Gasteiger partial charge is 0.396 e. The van der Waals surface area contributed by atoms with Crippen molar-refractivity contribution in [2.75, 3.05) is 56.2 Å². The van der Waals surface area contributed by atoms with E-state index in [1.54, 1.807) is 45.7 Å². The average Bonchev–Trinajstić information content (AvgIpc) is 3.57. The van der Waals surface area contributed by atoms with Gasteiger partial charge in [0, 0.05) is 62.5 Å². The van der Waals surface area contributed by atoms with Gasteiger partial charge in [-0.05, 0) is 70.7 Å². The number of nitrogens with zero attached hydrogens (tertiary/aromatic N) is 4. The van der Waals surface area contributed by atoms with Gasteiger partial charge in [0.15, 0.2) is 0 Å². The first kappa shape index (κ1) is 33.1. The lowest BCUT2D eigenvalue weighted by Crippen LogP contribution is -2.55. The average molecular weight is 611 g/mol. The predicted molar refractivity (Wildman–Crippen MR) is 176 cm³/mol. The Hall–Kier alpha value is -2.78. The van der Waals surface area contributed by atoms with Gasteiger partial charge in [-0.25, -0.2) is 0 Å². The predicted octanol–water partition coefficient (Wildman–Crippen LogP) is 4.73. The first-order chi connectivity index (χ1) is 20.6. The van der Waals surface area contributed by atoms with Crippen molar-refractivity contribution < 1.29 is 19.5 Å². The number of rotatable bonds is 16. The van der Waals surface area contributed by atoms with Crippen LogP contribution in [0, 0.1) is 11.8 Å². The minimum absolute atomic E-state index is 0.0410. The molecule has 3 fully saturated rings. The molecule has 3 saturated heterocycles. The van der Waals surface area contributed by atoms with E-state index in [2.05, 4.69) is 38.8 Å². The molecule has 5 atom stereocenters. The molecule has 1 spiro atoms. The van der Waals surface area contributed by atoms with Gasteiger partial charge >= 0.3 is 0 Å². The number of benzene rings is 1. The second-order valence-corrected chi connectivity index (χ2v) is 14.2. The number of carbonyl (C=O) groups is 3. The molecule has 0 saturated carbocycles. The number of hydrogen-bond donors (Lipinski definition) is 1. The summed E-state index contributed by atoms with van der Waals surface area (Å²) in [6.07, 6.45) is 8.15. The molecule has 8 nitrogen and oxygen atoms in total. The van der Waals surface area contributed by atoms with Crippen molar-refractivity contribution >= 4 is 40.9 Å². The highest BCUT2D eigenvalue weighted by Gasteiger charge is 2.77. The third-order valence-corrected chi connectivity index (χ3v) is 11.7. The Morgan fingerprint density at radius 3 is 2.23 bits per heavy atom. The third kappa shape index (κ3) is 5.99. The molecule has 1 aromatic carbocycles. The van der Waals surface area contributed by atoms with Gasteiger partial charge in [0.05, 0.1) is 16.6 Å². The molecule has 2 unspecified atom stereocenters. The Kier molecular flexibility index (Phi) is 10.7. The third-order valence-electron chi connectivity index (χ3n) is 9.73. The van der Waals surface area contributed by atoms with E-state index >= 15 is 0 Å². The Bertz CT molecular complexity index is 1190. The number of hydrogen-bond acceptors (Lipinski definition) is 6. The molecule has 0 radical (unpaired) electrons. The van der Waals surface area contributed by atoms with Gasteiger partial charge in [-0.1, -0.05) is 25.0 Å². The first-order valence-electron chi connectivity index (χ1n) is 15.9. The van der Waals surface area contributed by atoms with Crippen molar-refractivity contribution in [1.82, 2.24) is 9.80 Å². The Balaban J connectivity index is 1.73. The van der Waals surface area contributed by atoms with Crippen LogP contribution in [0.3, 0.4) is 0 Å². The molecule has 1 N–H and O–H groups in total. The van der Waals surface area contributed by atoms with Gasteiger partial charge in [-0.2, -0.15) is 0 Å². The molecule has 3 amide bonds. The summed E-state index contributed by atoms with van der Waals surface area (Å²) in [6, 6.07) is 7.40. The van der Waals surface area contributed by atoms with Gasteiger partial charge in [0.25, 0.3) is 5.91 Å². The summed E-state index contributed by atoms with van der Waals surface area (Å²) in [5.74, 6) is -1.25. The van der Waals surface area contributed by atoms with Crippen LogP contribution >= 0.6 is 11.8 Å². The maximum absolute atomic E-state index is 14.8. The number of aliphatic hydroxyl groups excluding tert-OH is 1. The standard InChI is InChI=1S/C34H50N4O4S/c1-7-21-35(6)30(40)27-28-31(41)38(23-13-11-12-14-24-39)29(34(28)20-19-33(27,5)43-34)32(42)37(22-8-2)26-17-15-25(16-18-26)36(9-3)10-4/h7-8,15-18,27-29,39H,1-2,9-14,19-24H2,3-6H3/t27-,28-,29?,33+,34?/m0/s1. The van der Waals surface area contributed by atoms with E-state index in [9.17, 15) is 19.5 Å². The molecule has 9 heteroatoms. The van der Waals surface area contributed by atoms with E-state index in [0.717, 1.165) is 63.0 Å². The van der Waals surface area contributed by atoms with Crippen LogP contribution < -0.4 is 9.80 Å². The zero-order valence-electron chi connectivity index (χ0n) is 26.5. The second kappa shape index (κ2) is 13.9. The molecule has 43 heavy (non-hydrogen) atoms. The molecule has 236 valence electrons. The van der Waals surface area contributed by atoms with E-state index in [4.69, 9.17) is 0 Å². The number of carbonyl (C=O) groups excluding carboxylic acids is 3. The maximum atomic E-state index is 14.8. The van der Waals surface area contributed by atoms with Crippen LogP contribution in [0.15, 0.2) is 49.6 Å². The van der Waals surface area contributed by atoms with Crippen LogP contribution in [0.25, 0.3) is 0 Å². The fourth-order valence-corrected chi connectivity index (χ4v) is 9.97. The van der Waals surface area contributed by atoms with E-state index in [1.807, 2.05) is 24.3 Å². The molecular formula is C34H50N4O4S. The molecule has 1 aromatic rings. The molecule has 3 heterocycles. The lowest BCUT2D eigenvalue weighted by molar-refractivity contribution is -0.144. The monoisotopic (exact) mass is 610 g/mol. The maximum Gasteiger partial charge on any atom is 0.251 e. The molecular weight excluding hydrogens is 560 g/mol. The number of fused-ring (bicyclic) bond motifs is 1. The lowest BCUT2D eigenvalue weighted by Gasteiger charge is -2.38. The summed E-state index contributed by atoms with van der Waals surface area (Å²) in [4.78, 5) is 50.6. The molecule has 0 aliphatic carbocycles. The lowest BCUT2D eigenvalue weighted by atomic mass is 9.66. The van der Waals surface area contributed by atoms with Crippen molar-refractivity contribution in [2.45, 2.75) is 74.8 Å². The van der Waals surface area contributed by atoms with Crippen LogP contribution in [-0.2, 0) is 14.4 Å². The molecule has 4 rings (SSSR count). The summed E-state index contributed by atoms with van der Waals surface area (Å²) in [7, 11) is 1.77. The quantitative estimate of drug-likeness (QED) is 0.215. The van der Waals surface area contributed by atoms with Gasteiger partial charge < -0.3 is 24.7 Å². The summed E-state index contributed by atoms with van der Waals surface area (Å²) < 4.78 is -1.07. The normalized spacial score (nSPS) is 27.2. The van der Waals surface area contributed by atoms with Crippen molar-refractivity contribution in [3.8, 4) is 0 Å². The number of likely N-dealkylation sites (tertiary alicyclic amines) is 1. The van der Waals surface area contributed by atoms with Crippen molar-refractivity contribution in [1.29, 1.82) is 0 Å². The Morgan fingerprint density at radius 2 is 1.63 bits per heavy atom. The van der Waals surface area contributed by atoms with Crippen LogP contribution in [0.1, 0.15) is 59.3 Å². The summed E-state index contributed by atoms with van der Waals surface area (Å²) >= 11 is 1.71. The number of thioether (sulfide) groups is 1. The van der Waals surface area contributed by atoms with E-state index in [-0.39, 0.29) is 24.3 Å². The van der Waals surface area contributed by atoms with E-state index < -0.39 is 27.4 Å². The zero-order chi connectivity index (χ0) is 31.4. The van der Waals surface area contributed by atoms with E-state index in [1.165, 1.54) is 0 Å². The molecule has 3 aliphatic heterocycles. The van der Waals surface area contributed by atoms with Gasteiger partial charge in [0.1, 0.15) is 6.04 Å². The second-order valence-electron chi connectivity index (χ2n) is 12.3. The van der Waals surface area contributed by atoms with Crippen LogP contribution in [0.4, 0.5) is 11.4 Å². The summed E-state index contributed by atoms with van der Waals surface area (Å²) in [5, 5.41) is 9.23. The summed E-state index contributed by atoms with van der Waals surface area (Å²) in [5.41, 5.74) is 1.87. The highest BCUT2D eigenvalue weighted by molar-refractivity contribution is 8.02. The van der Waals surface area contributed by atoms with Crippen molar-refractivity contribution in [3.63, 3.8) is 0 Å². The minimum atomic E-state index is -0.667. The topological polar surface area (TPSA) is 84.4 Å². The highest BCUT2D eigenvalue weighted by Crippen LogP contribution is 2.71. The Labute approximate surface area is 262 Å². The van der Waals surface area contributed by atoms with Gasteiger partial charge in [0.2, 0.25) is 11.8 Å². The smallest absolute Gasteiger partial charge is 0.251 e. The first-order valence-corrected chi connectivity index (χ1v) is 16.7.